The molecule has 0 aliphatic carbocycles. The maximum absolute atomic E-state index is 12.1. The lowest BCUT2D eigenvalue weighted by Crippen LogP contribution is -2.24. The summed E-state index contributed by atoms with van der Waals surface area (Å²) in [5.74, 6) is 0. The highest BCUT2D eigenvalue weighted by molar-refractivity contribution is 6.57. The van der Waals surface area contributed by atoms with Crippen molar-refractivity contribution in [2.24, 2.45) is 0 Å². The van der Waals surface area contributed by atoms with Crippen LogP contribution in [-0.4, -0.2) is 10.8 Å². The van der Waals surface area contributed by atoms with Crippen LogP contribution in [0.1, 0.15) is 0 Å². The molecule has 12 heavy (non-hydrogen) atoms. The van der Waals surface area contributed by atoms with Gasteiger partial charge in [0.25, 0.3) is 0 Å². The Kier molecular flexibility index (Phi) is 3.98. The fourth-order valence-electron chi connectivity index (χ4n) is 0.375. The third-order valence-corrected chi connectivity index (χ3v) is 1.51. The summed E-state index contributed by atoms with van der Waals surface area (Å²) in [6, 6.07) is 0. The SMILES string of the molecule is FC(F)(Cl)C(=C(Cl)Cl)C(F)(F)Cl. The zero-order valence-electron chi connectivity index (χ0n) is 5.02. The second kappa shape index (κ2) is 3.78. The monoisotopic (exact) mass is 264 g/mol. The van der Waals surface area contributed by atoms with Crippen molar-refractivity contribution in [3.05, 3.63) is 10.1 Å². The van der Waals surface area contributed by atoms with Crippen LogP contribution in [-0.2, 0) is 0 Å². The summed E-state index contributed by atoms with van der Waals surface area (Å²) in [6.07, 6.45) is 0. The van der Waals surface area contributed by atoms with Crippen molar-refractivity contribution >= 4 is 46.4 Å². The summed E-state index contributed by atoms with van der Waals surface area (Å²) in [7, 11) is 0. The van der Waals surface area contributed by atoms with Crippen LogP contribution in [0.3, 0.4) is 0 Å². The summed E-state index contributed by atoms with van der Waals surface area (Å²) < 4.78 is 47.1. The molecule has 0 fully saturated rings. The van der Waals surface area contributed by atoms with Crippen LogP contribution < -0.4 is 0 Å². The Morgan fingerprint density at radius 1 is 0.833 bits per heavy atom. The molecule has 0 bridgehead atoms. The molecular weight excluding hydrogens is 266 g/mol. The van der Waals surface area contributed by atoms with Crippen molar-refractivity contribution in [2.75, 3.05) is 0 Å². The molecule has 0 aromatic carbocycles. The fraction of sp³-hybridized carbons (Fsp3) is 0.500. The van der Waals surface area contributed by atoms with E-state index >= 15 is 0 Å². The molecule has 72 valence electrons. The molecule has 0 aliphatic rings. The number of alkyl halides is 6. The highest BCUT2D eigenvalue weighted by Crippen LogP contribution is 2.45. The molecule has 8 heteroatoms. The first-order valence-electron chi connectivity index (χ1n) is 2.26. The maximum Gasteiger partial charge on any atom is 0.354 e. The van der Waals surface area contributed by atoms with E-state index in [1.165, 1.54) is 0 Å². The van der Waals surface area contributed by atoms with Crippen molar-refractivity contribution < 1.29 is 17.6 Å². The summed E-state index contributed by atoms with van der Waals surface area (Å²) in [4.78, 5) is 0. The highest BCUT2D eigenvalue weighted by Gasteiger charge is 2.49. The molecule has 0 radical (unpaired) electrons. The molecule has 0 rings (SSSR count). The van der Waals surface area contributed by atoms with Crippen LogP contribution in [0.25, 0.3) is 0 Å². The molecule has 0 heterocycles. The smallest absolute Gasteiger partial charge is 0.183 e. The average Bonchev–Trinajstić information content (AvgIpc) is 1.49. The summed E-state index contributed by atoms with van der Waals surface area (Å²) in [5, 5.41) is -8.74. The van der Waals surface area contributed by atoms with E-state index in [-0.39, 0.29) is 0 Å². The molecule has 0 spiro atoms. The van der Waals surface area contributed by atoms with E-state index in [0.717, 1.165) is 0 Å². The maximum atomic E-state index is 12.1. The Hall–Kier alpha value is 0.620. The van der Waals surface area contributed by atoms with Gasteiger partial charge >= 0.3 is 10.8 Å². The number of rotatable bonds is 2. The van der Waals surface area contributed by atoms with Crippen molar-refractivity contribution in [3.63, 3.8) is 0 Å². The van der Waals surface area contributed by atoms with Crippen LogP contribution in [0.15, 0.2) is 10.1 Å². The van der Waals surface area contributed by atoms with E-state index in [2.05, 4.69) is 23.2 Å². The van der Waals surface area contributed by atoms with Crippen LogP contribution in [0.2, 0.25) is 0 Å². The minimum Gasteiger partial charge on any atom is -0.183 e. The van der Waals surface area contributed by atoms with Gasteiger partial charge in [0, 0.05) is 0 Å². The molecular formula is C4Cl4F4. The number of hydrogen-bond donors (Lipinski definition) is 0. The molecule has 0 atom stereocenters. The molecule has 0 aromatic rings. The second-order valence-electron chi connectivity index (χ2n) is 1.63. The lowest BCUT2D eigenvalue weighted by molar-refractivity contribution is 0.0562. The molecule has 0 saturated carbocycles. The van der Waals surface area contributed by atoms with Gasteiger partial charge in [0.05, 0.1) is 0 Å². The van der Waals surface area contributed by atoms with Gasteiger partial charge in [-0.3, -0.25) is 0 Å². The van der Waals surface area contributed by atoms with Gasteiger partial charge in [-0.05, 0) is 23.2 Å². The van der Waals surface area contributed by atoms with Gasteiger partial charge in [0.2, 0.25) is 0 Å². The van der Waals surface area contributed by atoms with Crippen molar-refractivity contribution in [3.8, 4) is 0 Å². The Balaban J connectivity index is 5.13. The van der Waals surface area contributed by atoms with E-state index < -0.39 is 20.8 Å². The number of halogens is 8. The van der Waals surface area contributed by atoms with E-state index in [1.807, 2.05) is 0 Å². The van der Waals surface area contributed by atoms with E-state index in [0.29, 0.717) is 0 Å². The Bertz CT molecular complexity index is 180. The third-order valence-electron chi connectivity index (χ3n) is 0.756. The molecule has 0 unspecified atom stereocenters. The topological polar surface area (TPSA) is 0 Å². The zero-order valence-corrected chi connectivity index (χ0v) is 8.05. The van der Waals surface area contributed by atoms with E-state index in [9.17, 15) is 17.6 Å². The van der Waals surface area contributed by atoms with Gasteiger partial charge in [-0.1, -0.05) is 23.2 Å². The normalized spacial score (nSPS) is 13.0. The van der Waals surface area contributed by atoms with Gasteiger partial charge in [0.15, 0.2) is 0 Å². The first kappa shape index (κ1) is 12.6. The average molecular weight is 266 g/mol. The molecule has 0 aromatic heterocycles. The summed E-state index contributed by atoms with van der Waals surface area (Å²) in [5.41, 5.74) is -2.03. The lowest BCUT2D eigenvalue weighted by Gasteiger charge is -2.16. The fourth-order valence-corrected chi connectivity index (χ4v) is 1.52. The van der Waals surface area contributed by atoms with E-state index in [4.69, 9.17) is 23.2 Å². The van der Waals surface area contributed by atoms with Crippen molar-refractivity contribution in [2.45, 2.75) is 10.8 Å². The van der Waals surface area contributed by atoms with Crippen LogP contribution in [0, 0.1) is 0 Å². The van der Waals surface area contributed by atoms with Gasteiger partial charge in [-0.2, -0.15) is 17.6 Å². The minimum absolute atomic E-state index is 1.35. The Morgan fingerprint density at radius 3 is 1.08 bits per heavy atom. The molecule has 0 nitrogen and oxygen atoms in total. The largest absolute Gasteiger partial charge is 0.354 e. The predicted molar refractivity (Wildman–Crippen MR) is 40.3 cm³/mol. The first-order chi connectivity index (χ1) is 5.07. The predicted octanol–water partition coefficient (Wildman–Crippen LogP) is 4.34. The van der Waals surface area contributed by atoms with Crippen LogP contribution >= 0.6 is 46.4 Å². The van der Waals surface area contributed by atoms with Crippen LogP contribution in [0.4, 0.5) is 17.6 Å². The summed E-state index contributed by atoms with van der Waals surface area (Å²) in [6.45, 7) is 0. The first-order valence-corrected chi connectivity index (χ1v) is 3.77. The molecule has 0 amide bonds. The molecule has 0 aliphatic heterocycles. The van der Waals surface area contributed by atoms with Gasteiger partial charge in [-0.15, -0.1) is 0 Å². The Labute approximate surface area is 85.0 Å². The second-order valence-corrected chi connectivity index (χ2v) is 3.53. The van der Waals surface area contributed by atoms with Crippen molar-refractivity contribution in [1.29, 1.82) is 0 Å². The minimum atomic E-state index is -4.37. The van der Waals surface area contributed by atoms with Crippen molar-refractivity contribution in [1.82, 2.24) is 0 Å². The number of allylic oxidation sites excluding steroid dienone is 1. The summed E-state index contributed by atoms with van der Waals surface area (Å²) >= 11 is 18.0. The third kappa shape index (κ3) is 3.56. The quantitative estimate of drug-likeness (QED) is 0.515. The number of hydrogen-bond acceptors (Lipinski definition) is 0. The van der Waals surface area contributed by atoms with Gasteiger partial charge < -0.3 is 0 Å². The van der Waals surface area contributed by atoms with Gasteiger partial charge in [0.1, 0.15) is 10.1 Å². The van der Waals surface area contributed by atoms with E-state index in [1.54, 1.807) is 0 Å². The zero-order chi connectivity index (χ0) is 10.2. The Morgan fingerprint density at radius 2 is 1.08 bits per heavy atom. The van der Waals surface area contributed by atoms with Gasteiger partial charge in [-0.25, -0.2) is 0 Å². The van der Waals surface area contributed by atoms with Crippen LogP contribution in [0.5, 0.6) is 0 Å². The molecule has 0 N–H and O–H groups in total. The lowest BCUT2D eigenvalue weighted by atomic mass is 10.3. The highest BCUT2D eigenvalue weighted by atomic mass is 35.5. The standard InChI is InChI=1S/C4Cl4F4/c5-2(6)1(3(7,9)10)4(8,11)12. The molecule has 0 saturated heterocycles.